The standard InChI is InChI=1S/C9H16FNO/c1-7(2)3-9(12)11-5-8(4-10)6-11/h7-8H,3-6H2,1-2H3. The number of hydrogen-bond acceptors (Lipinski definition) is 1. The number of carbonyl (C=O) groups is 1. The van der Waals surface area contributed by atoms with E-state index in [4.69, 9.17) is 0 Å². The largest absolute Gasteiger partial charge is 0.342 e. The van der Waals surface area contributed by atoms with Gasteiger partial charge < -0.3 is 4.90 Å². The molecule has 0 atom stereocenters. The van der Waals surface area contributed by atoms with Crippen LogP contribution < -0.4 is 0 Å². The van der Waals surface area contributed by atoms with Crippen LogP contribution in [0.2, 0.25) is 0 Å². The second-order valence-corrected chi connectivity index (χ2v) is 3.92. The lowest BCUT2D eigenvalue weighted by atomic mass is 10.00. The third kappa shape index (κ3) is 2.19. The van der Waals surface area contributed by atoms with Crippen LogP contribution in [0.15, 0.2) is 0 Å². The molecular formula is C9H16FNO. The molecule has 1 aliphatic heterocycles. The highest BCUT2D eigenvalue weighted by molar-refractivity contribution is 5.77. The Morgan fingerprint density at radius 1 is 1.58 bits per heavy atom. The number of alkyl halides is 1. The van der Waals surface area contributed by atoms with Crippen molar-refractivity contribution in [2.45, 2.75) is 20.3 Å². The second-order valence-electron chi connectivity index (χ2n) is 3.92. The molecule has 1 aliphatic rings. The number of hydrogen-bond donors (Lipinski definition) is 0. The fourth-order valence-electron chi connectivity index (χ4n) is 1.35. The Morgan fingerprint density at radius 3 is 2.58 bits per heavy atom. The minimum absolute atomic E-state index is 0.112. The van der Waals surface area contributed by atoms with Gasteiger partial charge in [0.1, 0.15) is 0 Å². The Balaban J connectivity index is 2.19. The van der Waals surface area contributed by atoms with Gasteiger partial charge in [0.15, 0.2) is 0 Å². The zero-order chi connectivity index (χ0) is 9.14. The highest BCUT2D eigenvalue weighted by atomic mass is 19.1. The first-order chi connectivity index (χ1) is 5.63. The van der Waals surface area contributed by atoms with E-state index in [1.807, 2.05) is 13.8 Å². The van der Waals surface area contributed by atoms with E-state index < -0.39 is 0 Å². The van der Waals surface area contributed by atoms with Crippen molar-refractivity contribution in [2.24, 2.45) is 11.8 Å². The summed E-state index contributed by atoms with van der Waals surface area (Å²) in [4.78, 5) is 13.0. The van der Waals surface area contributed by atoms with Gasteiger partial charge in [0, 0.05) is 25.4 Å². The van der Waals surface area contributed by atoms with Gasteiger partial charge in [-0.2, -0.15) is 0 Å². The fourth-order valence-corrected chi connectivity index (χ4v) is 1.35. The third-order valence-electron chi connectivity index (χ3n) is 2.11. The number of rotatable bonds is 3. The van der Waals surface area contributed by atoms with Crippen LogP contribution in [-0.2, 0) is 4.79 Å². The molecule has 0 aromatic carbocycles. The van der Waals surface area contributed by atoms with E-state index in [1.54, 1.807) is 4.90 Å². The van der Waals surface area contributed by atoms with E-state index >= 15 is 0 Å². The number of halogens is 1. The van der Waals surface area contributed by atoms with Gasteiger partial charge >= 0.3 is 0 Å². The average Bonchev–Trinajstić information content (AvgIpc) is 1.82. The molecule has 1 rings (SSSR count). The summed E-state index contributed by atoms with van der Waals surface area (Å²) in [5, 5.41) is 0. The molecule has 0 aromatic heterocycles. The monoisotopic (exact) mass is 173 g/mol. The van der Waals surface area contributed by atoms with Crippen LogP contribution in [0.1, 0.15) is 20.3 Å². The quantitative estimate of drug-likeness (QED) is 0.632. The first-order valence-corrected chi connectivity index (χ1v) is 4.47. The van der Waals surface area contributed by atoms with Crippen molar-refractivity contribution >= 4 is 5.91 Å². The maximum atomic E-state index is 12.0. The fraction of sp³-hybridized carbons (Fsp3) is 0.889. The van der Waals surface area contributed by atoms with Crippen molar-refractivity contribution in [3.05, 3.63) is 0 Å². The van der Waals surface area contributed by atoms with Crippen LogP contribution in [0, 0.1) is 11.8 Å². The van der Waals surface area contributed by atoms with Gasteiger partial charge in [0.2, 0.25) is 5.91 Å². The summed E-state index contributed by atoms with van der Waals surface area (Å²) in [6.45, 7) is 5.00. The molecule has 70 valence electrons. The first kappa shape index (κ1) is 9.49. The molecule has 0 aromatic rings. The zero-order valence-corrected chi connectivity index (χ0v) is 7.72. The number of carbonyl (C=O) groups excluding carboxylic acids is 1. The normalized spacial score (nSPS) is 18.2. The molecule has 2 nitrogen and oxygen atoms in total. The molecule has 0 bridgehead atoms. The van der Waals surface area contributed by atoms with Crippen LogP contribution in [0.5, 0.6) is 0 Å². The van der Waals surface area contributed by atoms with Crippen molar-refractivity contribution in [1.29, 1.82) is 0 Å². The molecule has 3 heteroatoms. The molecule has 1 fully saturated rings. The van der Waals surface area contributed by atoms with Crippen molar-refractivity contribution in [3.63, 3.8) is 0 Å². The molecule has 0 radical (unpaired) electrons. The van der Waals surface area contributed by atoms with Gasteiger partial charge in [0.05, 0.1) is 6.67 Å². The molecule has 1 saturated heterocycles. The molecule has 0 spiro atoms. The Kier molecular flexibility index (Phi) is 3.06. The first-order valence-electron chi connectivity index (χ1n) is 4.47. The molecule has 12 heavy (non-hydrogen) atoms. The van der Waals surface area contributed by atoms with E-state index in [-0.39, 0.29) is 18.5 Å². The van der Waals surface area contributed by atoms with Crippen molar-refractivity contribution < 1.29 is 9.18 Å². The van der Waals surface area contributed by atoms with Crippen molar-refractivity contribution in [3.8, 4) is 0 Å². The predicted octanol–water partition coefficient (Wildman–Crippen LogP) is 1.46. The summed E-state index contributed by atoms with van der Waals surface area (Å²) in [5.41, 5.74) is 0. The molecular weight excluding hydrogens is 157 g/mol. The lowest BCUT2D eigenvalue weighted by molar-refractivity contribution is -0.138. The minimum Gasteiger partial charge on any atom is -0.342 e. The second kappa shape index (κ2) is 3.87. The summed E-state index contributed by atoms with van der Waals surface area (Å²) in [7, 11) is 0. The van der Waals surface area contributed by atoms with E-state index in [2.05, 4.69) is 0 Å². The van der Waals surface area contributed by atoms with Gasteiger partial charge in [-0.1, -0.05) is 13.8 Å². The topological polar surface area (TPSA) is 20.3 Å². The summed E-state index contributed by atoms with van der Waals surface area (Å²) < 4.78 is 12.0. The number of nitrogens with zero attached hydrogens (tertiary/aromatic N) is 1. The van der Waals surface area contributed by atoms with Gasteiger partial charge in [-0.3, -0.25) is 9.18 Å². The third-order valence-corrected chi connectivity index (χ3v) is 2.11. The predicted molar refractivity (Wildman–Crippen MR) is 45.5 cm³/mol. The lowest BCUT2D eigenvalue weighted by Crippen LogP contribution is -2.51. The van der Waals surface area contributed by atoms with Crippen LogP contribution in [0.4, 0.5) is 4.39 Å². The van der Waals surface area contributed by atoms with Crippen LogP contribution >= 0.6 is 0 Å². The van der Waals surface area contributed by atoms with Gasteiger partial charge in [0.25, 0.3) is 0 Å². The Morgan fingerprint density at radius 2 is 2.17 bits per heavy atom. The average molecular weight is 173 g/mol. The molecule has 1 amide bonds. The maximum Gasteiger partial charge on any atom is 0.222 e. The Hall–Kier alpha value is -0.600. The Labute approximate surface area is 72.7 Å². The minimum atomic E-state index is -0.286. The summed E-state index contributed by atoms with van der Waals surface area (Å²) >= 11 is 0. The van der Waals surface area contributed by atoms with Crippen LogP contribution in [0.3, 0.4) is 0 Å². The van der Waals surface area contributed by atoms with E-state index in [0.29, 0.717) is 25.4 Å². The highest BCUT2D eigenvalue weighted by Crippen LogP contribution is 2.18. The van der Waals surface area contributed by atoms with E-state index in [0.717, 1.165) is 0 Å². The van der Waals surface area contributed by atoms with Crippen molar-refractivity contribution in [1.82, 2.24) is 4.90 Å². The van der Waals surface area contributed by atoms with Gasteiger partial charge in [-0.05, 0) is 5.92 Å². The van der Waals surface area contributed by atoms with Crippen LogP contribution in [0.25, 0.3) is 0 Å². The Bertz CT molecular complexity index is 164. The molecule has 0 aliphatic carbocycles. The smallest absolute Gasteiger partial charge is 0.222 e. The lowest BCUT2D eigenvalue weighted by Gasteiger charge is -2.38. The van der Waals surface area contributed by atoms with Gasteiger partial charge in [-0.15, -0.1) is 0 Å². The van der Waals surface area contributed by atoms with Crippen LogP contribution in [-0.4, -0.2) is 30.6 Å². The van der Waals surface area contributed by atoms with Gasteiger partial charge in [-0.25, -0.2) is 0 Å². The highest BCUT2D eigenvalue weighted by Gasteiger charge is 2.30. The molecule has 0 N–H and O–H groups in total. The number of amides is 1. The zero-order valence-electron chi connectivity index (χ0n) is 7.72. The van der Waals surface area contributed by atoms with Crippen molar-refractivity contribution in [2.75, 3.05) is 19.8 Å². The summed E-state index contributed by atoms with van der Waals surface area (Å²) in [5.74, 6) is 0.692. The van der Waals surface area contributed by atoms with E-state index in [1.165, 1.54) is 0 Å². The molecule has 0 unspecified atom stereocenters. The molecule has 1 heterocycles. The molecule has 0 saturated carbocycles. The summed E-state index contributed by atoms with van der Waals surface area (Å²) in [6.07, 6.45) is 0.596. The summed E-state index contributed by atoms with van der Waals surface area (Å²) in [6, 6.07) is 0. The maximum absolute atomic E-state index is 12.0. The number of likely N-dealkylation sites (tertiary alicyclic amines) is 1. The SMILES string of the molecule is CC(C)CC(=O)N1CC(CF)C1. The van der Waals surface area contributed by atoms with E-state index in [9.17, 15) is 9.18 Å².